The Bertz CT molecular complexity index is 319. The third-order valence-electron chi connectivity index (χ3n) is 2.93. The molecule has 0 radical (unpaired) electrons. The molecular weight excluding hydrogens is 240 g/mol. The maximum Gasteiger partial charge on any atom is 0.211 e. The van der Waals surface area contributed by atoms with Gasteiger partial charge in [0, 0.05) is 19.7 Å². The summed E-state index contributed by atoms with van der Waals surface area (Å²) in [5, 5.41) is 0. The first-order valence-electron chi connectivity index (χ1n) is 6.28. The maximum absolute atomic E-state index is 11.8. The van der Waals surface area contributed by atoms with Crippen molar-refractivity contribution in [3.63, 3.8) is 0 Å². The fraction of sp³-hybridized carbons (Fsp3) is 1.00. The Morgan fingerprint density at radius 2 is 2.06 bits per heavy atom. The maximum atomic E-state index is 11.8. The van der Waals surface area contributed by atoms with E-state index < -0.39 is 10.0 Å². The van der Waals surface area contributed by atoms with Crippen LogP contribution in [0.3, 0.4) is 0 Å². The number of likely N-dealkylation sites (tertiary alicyclic amines) is 1. The van der Waals surface area contributed by atoms with E-state index in [2.05, 4.69) is 9.62 Å². The average molecular weight is 264 g/mol. The van der Waals surface area contributed by atoms with Crippen molar-refractivity contribution >= 4 is 10.0 Å². The van der Waals surface area contributed by atoms with Crippen molar-refractivity contribution in [2.24, 2.45) is 0 Å². The van der Waals surface area contributed by atoms with E-state index in [1.54, 1.807) is 0 Å². The molecule has 0 bridgehead atoms. The number of hydrogen-bond donors (Lipinski definition) is 1. The monoisotopic (exact) mass is 264 g/mol. The molecule has 102 valence electrons. The summed E-state index contributed by atoms with van der Waals surface area (Å²) in [6.45, 7) is 6.04. The van der Waals surface area contributed by atoms with Crippen LogP contribution >= 0.6 is 0 Å². The van der Waals surface area contributed by atoms with Crippen molar-refractivity contribution in [1.29, 1.82) is 0 Å². The first-order valence-corrected chi connectivity index (χ1v) is 7.94. The molecule has 0 amide bonds. The number of nitrogens with one attached hydrogen (secondary N) is 1. The lowest BCUT2D eigenvalue weighted by Crippen LogP contribution is -2.44. The number of nitrogens with zero attached hydrogens (tertiary/aromatic N) is 1. The molecule has 1 rings (SSSR count). The van der Waals surface area contributed by atoms with E-state index in [1.165, 1.54) is 0 Å². The van der Waals surface area contributed by atoms with Crippen LogP contribution in [-0.4, -0.2) is 58.0 Å². The molecule has 1 saturated heterocycles. The fourth-order valence-corrected chi connectivity index (χ4v) is 3.56. The van der Waals surface area contributed by atoms with Crippen LogP contribution in [0.2, 0.25) is 0 Å². The highest BCUT2D eigenvalue weighted by Gasteiger charge is 2.33. The average Bonchev–Trinajstić information content (AvgIpc) is 2.56. The van der Waals surface area contributed by atoms with E-state index in [9.17, 15) is 8.42 Å². The lowest BCUT2D eigenvalue weighted by molar-refractivity contribution is 0.0589. The van der Waals surface area contributed by atoms with Crippen LogP contribution in [-0.2, 0) is 14.8 Å². The van der Waals surface area contributed by atoms with Gasteiger partial charge in [0.1, 0.15) is 0 Å². The van der Waals surface area contributed by atoms with Gasteiger partial charge in [0.25, 0.3) is 0 Å². The number of hydrogen-bond acceptors (Lipinski definition) is 4. The number of sulfonamides is 1. The molecule has 0 aromatic rings. The number of unbranched alkanes of at least 4 members (excludes halogenated alkanes) is 1. The highest BCUT2D eigenvalue weighted by molar-refractivity contribution is 7.89. The van der Waals surface area contributed by atoms with Crippen LogP contribution in [0, 0.1) is 0 Å². The van der Waals surface area contributed by atoms with Crippen LogP contribution in [0.4, 0.5) is 0 Å². The smallest absolute Gasteiger partial charge is 0.211 e. The van der Waals surface area contributed by atoms with Crippen molar-refractivity contribution in [1.82, 2.24) is 9.62 Å². The number of likely N-dealkylation sites (N-methyl/N-ethyl adjacent to an activating group) is 1. The van der Waals surface area contributed by atoms with Crippen molar-refractivity contribution in [3.8, 4) is 0 Å². The Morgan fingerprint density at radius 1 is 1.35 bits per heavy atom. The first-order chi connectivity index (χ1) is 7.98. The Labute approximate surface area is 105 Å². The van der Waals surface area contributed by atoms with Crippen molar-refractivity contribution in [2.45, 2.75) is 38.8 Å². The Balaban J connectivity index is 2.53. The van der Waals surface area contributed by atoms with Gasteiger partial charge in [-0.1, -0.05) is 13.3 Å². The molecule has 6 heteroatoms. The highest BCUT2D eigenvalue weighted by Crippen LogP contribution is 2.13. The normalized spacial score (nSPS) is 26.5. The van der Waals surface area contributed by atoms with E-state index in [-0.39, 0.29) is 17.9 Å². The SMILES string of the molecule is CCCCS(=O)(=O)N[C@H]1CN(C)C[C@@H]1OCC. The minimum atomic E-state index is -3.16. The second kappa shape index (κ2) is 6.68. The molecule has 0 saturated carbocycles. The van der Waals surface area contributed by atoms with E-state index >= 15 is 0 Å². The van der Waals surface area contributed by atoms with Crippen molar-refractivity contribution < 1.29 is 13.2 Å². The van der Waals surface area contributed by atoms with Crippen LogP contribution < -0.4 is 4.72 Å². The molecule has 0 aliphatic carbocycles. The molecule has 0 aromatic carbocycles. The summed E-state index contributed by atoms with van der Waals surface area (Å²) >= 11 is 0. The lowest BCUT2D eigenvalue weighted by Gasteiger charge is -2.19. The summed E-state index contributed by atoms with van der Waals surface area (Å²) in [6.07, 6.45) is 1.57. The van der Waals surface area contributed by atoms with Crippen molar-refractivity contribution in [2.75, 3.05) is 32.5 Å². The van der Waals surface area contributed by atoms with E-state index in [0.29, 0.717) is 13.0 Å². The van der Waals surface area contributed by atoms with Gasteiger partial charge in [0.15, 0.2) is 0 Å². The molecule has 0 aromatic heterocycles. The molecule has 0 unspecified atom stereocenters. The van der Waals surface area contributed by atoms with Crippen molar-refractivity contribution in [3.05, 3.63) is 0 Å². The second-order valence-corrected chi connectivity index (χ2v) is 6.49. The largest absolute Gasteiger partial charge is 0.375 e. The number of ether oxygens (including phenoxy) is 1. The van der Waals surface area contributed by atoms with Crippen LogP contribution in [0.15, 0.2) is 0 Å². The zero-order valence-corrected chi connectivity index (χ0v) is 11.8. The summed E-state index contributed by atoms with van der Waals surface area (Å²) in [5.41, 5.74) is 0. The highest BCUT2D eigenvalue weighted by atomic mass is 32.2. The molecular formula is C11H24N2O3S. The predicted molar refractivity (Wildman–Crippen MR) is 68.5 cm³/mol. The Hall–Kier alpha value is -0.170. The van der Waals surface area contributed by atoms with Gasteiger partial charge in [-0.25, -0.2) is 13.1 Å². The van der Waals surface area contributed by atoms with Gasteiger partial charge >= 0.3 is 0 Å². The number of rotatable bonds is 7. The zero-order valence-electron chi connectivity index (χ0n) is 11.0. The zero-order chi connectivity index (χ0) is 12.9. The van der Waals surface area contributed by atoms with Crippen LogP contribution in [0.5, 0.6) is 0 Å². The molecule has 1 aliphatic rings. The first kappa shape index (κ1) is 14.9. The fourth-order valence-electron chi connectivity index (χ4n) is 2.08. The summed E-state index contributed by atoms with van der Waals surface area (Å²) < 4.78 is 32.0. The van der Waals surface area contributed by atoms with Gasteiger partial charge in [0.2, 0.25) is 10.0 Å². The summed E-state index contributed by atoms with van der Waals surface area (Å²) in [5.74, 6) is 0.211. The Morgan fingerprint density at radius 3 is 2.65 bits per heavy atom. The van der Waals surface area contributed by atoms with Gasteiger partial charge in [-0.05, 0) is 20.4 Å². The molecule has 1 aliphatic heterocycles. The van der Waals surface area contributed by atoms with Gasteiger partial charge in [0.05, 0.1) is 17.9 Å². The quantitative estimate of drug-likeness (QED) is 0.724. The topological polar surface area (TPSA) is 58.6 Å². The molecule has 1 N–H and O–H groups in total. The standard InChI is InChI=1S/C11H24N2O3S/c1-4-6-7-17(14,15)12-10-8-13(3)9-11(10)16-5-2/h10-12H,4-9H2,1-3H3/t10-,11-/m0/s1. The molecule has 0 spiro atoms. The predicted octanol–water partition coefficient (Wildman–Crippen LogP) is 0.425. The van der Waals surface area contributed by atoms with Gasteiger partial charge in [-0.2, -0.15) is 0 Å². The van der Waals surface area contributed by atoms with E-state index in [1.807, 2.05) is 20.9 Å². The molecule has 17 heavy (non-hydrogen) atoms. The van der Waals surface area contributed by atoms with E-state index in [0.717, 1.165) is 19.5 Å². The Kier molecular flexibility index (Phi) is 5.85. The van der Waals surface area contributed by atoms with Gasteiger partial charge in [-0.3, -0.25) is 0 Å². The van der Waals surface area contributed by atoms with Crippen LogP contribution in [0.1, 0.15) is 26.7 Å². The van der Waals surface area contributed by atoms with Gasteiger partial charge in [-0.15, -0.1) is 0 Å². The lowest BCUT2D eigenvalue weighted by atomic mass is 10.2. The summed E-state index contributed by atoms with van der Waals surface area (Å²) in [6, 6.07) is -0.109. The minimum absolute atomic E-state index is 0.0265. The van der Waals surface area contributed by atoms with Gasteiger partial charge < -0.3 is 9.64 Å². The molecule has 1 fully saturated rings. The van der Waals surface area contributed by atoms with E-state index in [4.69, 9.17) is 4.74 Å². The second-order valence-electron chi connectivity index (χ2n) is 4.61. The third-order valence-corrected chi connectivity index (χ3v) is 4.42. The molecule has 2 atom stereocenters. The molecule has 1 heterocycles. The summed E-state index contributed by atoms with van der Waals surface area (Å²) in [4.78, 5) is 2.09. The van der Waals surface area contributed by atoms with Crippen LogP contribution in [0.25, 0.3) is 0 Å². The minimum Gasteiger partial charge on any atom is -0.375 e. The summed E-state index contributed by atoms with van der Waals surface area (Å²) in [7, 11) is -1.18. The molecule has 5 nitrogen and oxygen atoms in total. The third kappa shape index (κ3) is 4.91.